The molecule has 1 unspecified atom stereocenters. The van der Waals surface area contributed by atoms with Crippen molar-refractivity contribution in [2.24, 2.45) is 5.92 Å². The van der Waals surface area contributed by atoms with Crippen LogP contribution >= 0.6 is 11.6 Å². The summed E-state index contributed by atoms with van der Waals surface area (Å²) >= 11 is 5.98. The maximum absolute atomic E-state index is 12.6. The van der Waals surface area contributed by atoms with Gasteiger partial charge in [-0.25, -0.2) is 4.79 Å². The van der Waals surface area contributed by atoms with Gasteiger partial charge in [0.05, 0.1) is 0 Å². The Kier molecular flexibility index (Phi) is 4.73. The maximum atomic E-state index is 12.6. The van der Waals surface area contributed by atoms with E-state index in [1.165, 1.54) is 0 Å². The van der Waals surface area contributed by atoms with Gasteiger partial charge in [0.25, 0.3) is 5.91 Å². The van der Waals surface area contributed by atoms with Crippen molar-refractivity contribution in [2.45, 2.75) is 38.8 Å². The van der Waals surface area contributed by atoms with Gasteiger partial charge in [-0.15, -0.1) is 0 Å². The minimum atomic E-state index is -0.860. The number of benzene rings is 1. The van der Waals surface area contributed by atoms with Crippen LogP contribution in [0.4, 0.5) is 4.79 Å². The monoisotopic (exact) mass is 363 g/mol. The van der Waals surface area contributed by atoms with E-state index in [4.69, 9.17) is 11.6 Å². The smallest absolute Gasteiger partial charge is 0.325 e. The van der Waals surface area contributed by atoms with Crippen LogP contribution in [0.25, 0.3) is 0 Å². The molecule has 0 radical (unpaired) electrons. The maximum Gasteiger partial charge on any atom is 0.325 e. The van der Waals surface area contributed by atoms with Crippen molar-refractivity contribution >= 4 is 29.4 Å². The van der Waals surface area contributed by atoms with Crippen LogP contribution in [0.2, 0.25) is 5.02 Å². The lowest BCUT2D eigenvalue weighted by atomic mass is 9.96. The van der Waals surface area contributed by atoms with E-state index in [0.717, 1.165) is 23.3 Å². The molecule has 0 spiro atoms. The highest BCUT2D eigenvalue weighted by Crippen LogP contribution is 2.42. The van der Waals surface area contributed by atoms with E-state index in [0.29, 0.717) is 18.1 Å². The fraction of sp³-hybridized carbons (Fsp3) is 0.500. The summed E-state index contributed by atoms with van der Waals surface area (Å²) < 4.78 is 0. The Balaban J connectivity index is 1.67. The second-order valence-electron chi connectivity index (χ2n) is 6.84. The Labute approximate surface area is 152 Å². The average Bonchev–Trinajstić information content (AvgIpc) is 3.39. The van der Waals surface area contributed by atoms with Gasteiger partial charge < -0.3 is 10.2 Å². The Morgan fingerprint density at radius 1 is 1.40 bits per heavy atom. The third-order valence-electron chi connectivity index (χ3n) is 4.99. The van der Waals surface area contributed by atoms with Gasteiger partial charge in [-0.3, -0.25) is 14.5 Å². The molecule has 3 rings (SSSR count). The molecule has 25 heavy (non-hydrogen) atoms. The Morgan fingerprint density at radius 2 is 2.12 bits per heavy atom. The van der Waals surface area contributed by atoms with Crippen LogP contribution in [0.15, 0.2) is 24.3 Å². The predicted molar refractivity (Wildman–Crippen MR) is 93.9 cm³/mol. The van der Waals surface area contributed by atoms with Gasteiger partial charge >= 0.3 is 6.03 Å². The third-order valence-corrected chi connectivity index (χ3v) is 5.22. The number of hydrogen-bond acceptors (Lipinski definition) is 3. The van der Waals surface area contributed by atoms with E-state index < -0.39 is 11.6 Å². The zero-order valence-electron chi connectivity index (χ0n) is 14.4. The van der Waals surface area contributed by atoms with E-state index in [-0.39, 0.29) is 24.3 Å². The lowest BCUT2D eigenvalue weighted by Crippen LogP contribution is -2.47. The summed E-state index contributed by atoms with van der Waals surface area (Å²) in [5, 5.41) is 3.37. The second-order valence-corrected chi connectivity index (χ2v) is 7.27. The van der Waals surface area contributed by atoms with E-state index in [1.807, 2.05) is 19.1 Å². The van der Waals surface area contributed by atoms with Crippen LogP contribution in [-0.2, 0) is 16.1 Å². The predicted octanol–water partition coefficient (Wildman–Crippen LogP) is 2.41. The molecular formula is C18H22ClN3O3. The highest BCUT2D eigenvalue weighted by molar-refractivity contribution is 6.30. The molecule has 1 aromatic carbocycles. The molecule has 6 nitrogen and oxygen atoms in total. The van der Waals surface area contributed by atoms with E-state index >= 15 is 0 Å². The van der Waals surface area contributed by atoms with Crippen molar-refractivity contribution in [3.8, 4) is 0 Å². The molecule has 1 aromatic rings. The van der Waals surface area contributed by atoms with Crippen molar-refractivity contribution in [2.75, 3.05) is 13.1 Å². The first kappa shape index (κ1) is 17.7. The molecule has 2 fully saturated rings. The molecule has 4 amide bonds. The van der Waals surface area contributed by atoms with Crippen molar-refractivity contribution < 1.29 is 14.4 Å². The number of rotatable bonds is 6. The topological polar surface area (TPSA) is 69.7 Å². The number of urea groups is 1. The van der Waals surface area contributed by atoms with Gasteiger partial charge in [-0.05, 0) is 50.3 Å². The summed E-state index contributed by atoms with van der Waals surface area (Å²) in [4.78, 5) is 40.1. The molecule has 7 heteroatoms. The molecule has 1 heterocycles. The number of nitrogens with zero attached hydrogens (tertiary/aromatic N) is 2. The number of amides is 4. The first-order valence-corrected chi connectivity index (χ1v) is 8.89. The molecule has 0 aromatic heterocycles. The first-order valence-electron chi connectivity index (χ1n) is 8.51. The molecule has 0 bridgehead atoms. The Morgan fingerprint density at radius 3 is 2.72 bits per heavy atom. The van der Waals surface area contributed by atoms with Crippen LogP contribution < -0.4 is 5.32 Å². The van der Waals surface area contributed by atoms with Crippen LogP contribution in [0, 0.1) is 5.92 Å². The van der Waals surface area contributed by atoms with Crippen LogP contribution in [0.3, 0.4) is 0 Å². The number of carbonyl (C=O) groups is 3. The zero-order chi connectivity index (χ0) is 18.2. The normalized spacial score (nSPS) is 22.9. The van der Waals surface area contributed by atoms with Gasteiger partial charge in [0.1, 0.15) is 12.1 Å². The molecule has 1 aliphatic carbocycles. The molecular weight excluding hydrogens is 342 g/mol. The number of likely N-dealkylation sites (N-methyl/N-ethyl adjacent to an activating group) is 1. The SMILES string of the molecule is CCN(Cc1cccc(Cl)c1)C(=O)CN1C(=O)NC(C)(C2CC2)C1=O. The Bertz CT molecular complexity index is 719. The fourth-order valence-electron chi connectivity index (χ4n) is 3.26. The summed E-state index contributed by atoms with van der Waals surface area (Å²) in [6.45, 7) is 4.25. The molecule has 134 valence electrons. The summed E-state index contributed by atoms with van der Waals surface area (Å²) in [7, 11) is 0. The van der Waals surface area contributed by atoms with Gasteiger partial charge in [-0.2, -0.15) is 0 Å². The largest absolute Gasteiger partial charge is 0.337 e. The van der Waals surface area contributed by atoms with Crippen LogP contribution in [-0.4, -0.2) is 46.3 Å². The highest BCUT2D eigenvalue weighted by atomic mass is 35.5. The highest BCUT2D eigenvalue weighted by Gasteiger charge is 2.56. The van der Waals surface area contributed by atoms with Crippen molar-refractivity contribution in [1.29, 1.82) is 0 Å². The second kappa shape index (κ2) is 6.67. The lowest BCUT2D eigenvalue weighted by Gasteiger charge is -2.24. The van der Waals surface area contributed by atoms with Gasteiger partial charge in [0, 0.05) is 18.1 Å². The molecule has 1 N–H and O–H groups in total. The summed E-state index contributed by atoms with van der Waals surface area (Å²) in [6.07, 6.45) is 1.86. The van der Waals surface area contributed by atoms with Crippen molar-refractivity contribution in [3.63, 3.8) is 0 Å². The van der Waals surface area contributed by atoms with Crippen molar-refractivity contribution in [1.82, 2.24) is 15.1 Å². The Hall–Kier alpha value is -2.08. The third kappa shape index (κ3) is 3.49. The lowest BCUT2D eigenvalue weighted by molar-refractivity contribution is -0.139. The van der Waals surface area contributed by atoms with E-state index in [9.17, 15) is 14.4 Å². The van der Waals surface area contributed by atoms with Gasteiger partial charge in [0.15, 0.2) is 0 Å². The minimum Gasteiger partial charge on any atom is -0.337 e. The van der Waals surface area contributed by atoms with Gasteiger partial charge in [0.2, 0.25) is 5.91 Å². The zero-order valence-corrected chi connectivity index (χ0v) is 15.2. The van der Waals surface area contributed by atoms with Crippen LogP contribution in [0.1, 0.15) is 32.3 Å². The van der Waals surface area contributed by atoms with Gasteiger partial charge in [-0.1, -0.05) is 23.7 Å². The standard InChI is InChI=1S/C18H22ClN3O3/c1-3-21(10-12-5-4-6-14(19)9-12)15(23)11-22-16(24)18(2,13-7-8-13)20-17(22)25/h4-6,9,13H,3,7-8,10-11H2,1-2H3,(H,20,25). The average molecular weight is 364 g/mol. The molecule has 2 aliphatic rings. The van der Waals surface area contributed by atoms with E-state index in [2.05, 4.69) is 5.32 Å². The molecule has 1 saturated carbocycles. The number of imide groups is 1. The summed E-state index contributed by atoms with van der Waals surface area (Å²) in [6, 6.07) is 6.81. The summed E-state index contributed by atoms with van der Waals surface area (Å²) in [5.41, 5.74) is 0.0455. The minimum absolute atomic E-state index is 0.179. The first-order chi connectivity index (χ1) is 11.8. The molecule has 1 saturated heterocycles. The van der Waals surface area contributed by atoms with Crippen molar-refractivity contribution in [3.05, 3.63) is 34.9 Å². The quantitative estimate of drug-likeness (QED) is 0.789. The van der Waals surface area contributed by atoms with Crippen LogP contribution in [0.5, 0.6) is 0 Å². The molecule has 1 aliphatic heterocycles. The number of halogens is 1. The number of nitrogens with one attached hydrogen (secondary N) is 1. The summed E-state index contributed by atoms with van der Waals surface area (Å²) in [5.74, 6) is -0.379. The molecule has 1 atom stereocenters. The number of hydrogen-bond donors (Lipinski definition) is 1. The number of carbonyl (C=O) groups excluding carboxylic acids is 3. The van der Waals surface area contributed by atoms with E-state index in [1.54, 1.807) is 24.0 Å². The fourth-order valence-corrected chi connectivity index (χ4v) is 3.48.